The first-order valence-corrected chi connectivity index (χ1v) is 12.7. The van der Waals surface area contributed by atoms with E-state index in [4.69, 9.17) is 19.4 Å². The number of rotatable bonds is 9. The Morgan fingerprint density at radius 2 is 1.68 bits per heavy atom. The van der Waals surface area contributed by atoms with Gasteiger partial charge in [-0.05, 0) is 6.42 Å². The van der Waals surface area contributed by atoms with E-state index in [1.165, 1.54) is 0 Å². The second-order valence-electron chi connectivity index (χ2n) is 6.11. The van der Waals surface area contributed by atoms with Crippen LogP contribution in [0.2, 0.25) is 0 Å². The Hall–Kier alpha value is -1.03. The summed E-state index contributed by atoms with van der Waals surface area (Å²) < 4.78 is 51.0. The molecule has 0 aliphatic carbocycles. The van der Waals surface area contributed by atoms with Gasteiger partial charge >= 0.3 is 29.2 Å². The van der Waals surface area contributed by atoms with Gasteiger partial charge in [0.2, 0.25) is 0 Å². The molecule has 1 aromatic rings. The van der Waals surface area contributed by atoms with Crippen LogP contribution in [0.3, 0.4) is 0 Å². The lowest BCUT2D eigenvalue weighted by molar-refractivity contribution is -0.0543. The smallest absolute Gasteiger partial charge is 0.387 e. The zero-order valence-electron chi connectivity index (χ0n) is 15.4. The summed E-state index contributed by atoms with van der Waals surface area (Å²) in [4.78, 5) is 61.1. The van der Waals surface area contributed by atoms with E-state index < -0.39 is 65.9 Å². The number of aromatic nitrogens is 2. The van der Waals surface area contributed by atoms with Crippen molar-refractivity contribution in [3.63, 3.8) is 0 Å². The maximum absolute atomic E-state index is 12.0. The zero-order chi connectivity index (χ0) is 23.8. The second-order valence-corrected chi connectivity index (χ2v) is 10.5. The van der Waals surface area contributed by atoms with E-state index in [0.29, 0.717) is 0 Å². The molecule has 2 rings (SSSR count). The van der Waals surface area contributed by atoms with Crippen molar-refractivity contribution in [2.24, 2.45) is 0 Å². The Bertz CT molecular complexity index is 1060. The number of nitrogens with zero attached hydrogens (tertiary/aromatic N) is 1. The van der Waals surface area contributed by atoms with Crippen molar-refractivity contribution in [3.05, 3.63) is 32.6 Å². The van der Waals surface area contributed by atoms with Crippen molar-refractivity contribution in [3.8, 4) is 0 Å². The molecule has 1 aliphatic heterocycles. The third-order valence-corrected chi connectivity index (χ3v) is 7.65. The molecule has 1 aromatic heterocycles. The zero-order valence-corrected chi connectivity index (χ0v) is 18.1. The van der Waals surface area contributed by atoms with Crippen LogP contribution >= 0.6 is 23.5 Å². The highest BCUT2D eigenvalue weighted by atomic mass is 31.3. The quantitative estimate of drug-likeness (QED) is 0.177. The number of hydrogen-bond acceptors (Lipinski definition) is 11. The molecule has 1 saturated heterocycles. The van der Waals surface area contributed by atoms with Gasteiger partial charge in [0.25, 0.3) is 5.56 Å². The second kappa shape index (κ2) is 9.45. The summed E-state index contributed by atoms with van der Waals surface area (Å²) in [5.41, 5.74) is -1.49. The molecule has 1 aliphatic rings. The number of aromatic amines is 1. The van der Waals surface area contributed by atoms with Crippen molar-refractivity contribution >= 4 is 23.5 Å². The first-order chi connectivity index (χ1) is 14.1. The standard InChI is InChI=1S/C11H19N2O15P3/c1-2-5-3-13(11(17)12-9(5)16)10-8(15)7(14)6(26-10)4-25-30(21,22)28-31(23,24)27-29(18,19)20/h3,6-8,10,14-15H,2,4H2,1H3,(H,21,22)(H,23,24)(H,12,16,17)(H2,18,19,20)/t6-,7-,8+,10-/m1/s1. The molecule has 0 aromatic carbocycles. The number of aliphatic hydroxyl groups is 2. The minimum atomic E-state index is -5.74. The van der Waals surface area contributed by atoms with Gasteiger partial charge in [0.15, 0.2) is 6.23 Å². The van der Waals surface area contributed by atoms with Crippen LogP contribution in [0.25, 0.3) is 0 Å². The van der Waals surface area contributed by atoms with E-state index in [0.717, 1.165) is 10.8 Å². The monoisotopic (exact) mass is 512 g/mol. The summed E-state index contributed by atoms with van der Waals surface area (Å²) in [7, 11) is -16.8. The lowest BCUT2D eigenvalue weighted by Gasteiger charge is -2.19. The molecule has 7 N–H and O–H groups in total. The first-order valence-electron chi connectivity index (χ1n) is 8.19. The number of ether oxygens (including phenoxy) is 1. The van der Waals surface area contributed by atoms with Gasteiger partial charge in [-0.15, -0.1) is 0 Å². The molecule has 2 heterocycles. The fourth-order valence-electron chi connectivity index (χ4n) is 2.54. The van der Waals surface area contributed by atoms with E-state index in [1.807, 2.05) is 4.98 Å². The van der Waals surface area contributed by atoms with Gasteiger partial charge in [-0.25, -0.2) is 18.5 Å². The summed E-state index contributed by atoms with van der Waals surface area (Å²) in [6.45, 7) is 0.572. The van der Waals surface area contributed by atoms with Gasteiger partial charge in [0.1, 0.15) is 18.3 Å². The van der Waals surface area contributed by atoms with Crippen molar-refractivity contribution in [2.45, 2.75) is 37.9 Å². The van der Waals surface area contributed by atoms with Gasteiger partial charge in [0.05, 0.1) is 6.61 Å². The largest absolute Gasteiger partial charge is 0.490 e. The van der Waals surface area contributed by atoms with Crippen LogP contribution in [0.5, 0.6) is 0 Å². The Labute approximate surface area is 172 Å². The predicted molar refractivity (Wildman–Crippen MR) is 96.4 cm³/mol. The number of phosphoric acid groups is 3. The molecule has 20 heteroatoms. The average molecular weight is 512 g/mol. The summed E-state index contributed by atoms with van der Waals surface area (Å²) in [6, 6.07) is 0. The Morgan fingerprint density at radius 1 is 1.06 bits per heavy atom. The third kappa shape index (κ3) is 6.97. The average Bonchev–Trinajstić information content (AvgIpc) is 2.85. The number of nitrogens with one attached hydrogen (secondary N) is 1. The Morgan fingerprint density at radius 3 is 2.23 bits per heavy atom. The van der Waals surface area contributed by atoms with E-state index in [-0.39, 0.29) is 12.0 Å². The molecule has 1 fully saturated rings. The van der Waals surface area contributed by atoms with Crippen LogP contribution in [0.15, 0.2) is 15.8 Å². The van der Waals surface area contributed by atoms with Crippen LogP contribution in [-0.2, 0) is 38.0 Å². The number of aryl methyl sites for hydroxylation is 1. The molecule has 0 amide bonds. The van der Waals surface area contributed by atoms with E-state index >= 15 is 0 Å². The van der Waals surface area contributed by atoms with Crippen molar-refractivity contribution < 1.29 is 61.4 Å². The van der Waals surface area contributed by atoms with Gasteiger partial charge < -0.3 is 34.5 Å². The maximum atomic E-state index is 12.0. The van der Waals surface area contributed by atoms with Crippen molar-refractivity contribution in [1.82, 2.24) is 9.55 Å². The molecule has 6 atom stereocenters. The third-order valence-electron chi connectivity index (χ3n) is 3.85. The molecule has 0 saturated carbocycles. The SMILES string of the molecule is CCc1cn([C@@H]2O[C@H](COP(=O)(O)OP(=O)(O)OP(=O)(O)O)[C@@H](O)[C@@H]2O)c(=O)[nH]c1=O. The lowest BCUT2D eigenvalue weighted by Crippen LogP contribution is -2.38. The topological polar surface area (TPSA) is 264 Å². The Kier molecular flexibility index (Phi) is 7.99. The van der Waals surface area contributed by atoms with Crippen LogP contribution in [-0.4, -0.2) is 64.3 Å². The first kappa shape index (κ1) is 26.2. The van der Waals surface area contributed by atoms with Gasteiger partial charge in [-0.2, -0.15) is 8.62 Å². The molecule has 31 heavy (non-hydrogen) atoms. The molecule has 0 bridgehead atoms. The highest BCUT2D eigenvalue weighted by molar-refractivity contribution is 7.66. The molecule has 17 nitrogen and oxygen atoms in total. The van der Waals surface area contributed by atoms with Crippen LogP contribution < -0.4 is 11.2 Å². The normalized spacial score (nSPS) is 28.2. The summed E-state index contributed by atoms with van der Waals surface area (Å²) >= 11 is 0. The molecular weight excluding hydrogens is 493 g/mol. The molecule has 0 radical (unpaired) electrons. The summed E-state index contributed by atoms with van der Waals surface area (Å²) in [5, 5.41) is 20.2. The lowest BCUT2D eigenvalue weighted by atomic mass is 10.1. The van der Waals surface area contributed by atoms with Crippen molar-refractivity contribution in [2.75, 3.05) is 6.61 Å². The maximum Gasteiger partial charge on any atom is 0.490 e. The summed E-state index contributed by atoms with van der Waals surface area (Å²) in [6.07, 6.45) is -5.36. The van der Waals surface area contributed by atoms with E-state index in [1.54, 1.807) is 6.92 Å². The fourth-order valence-corrected chi connectivity index (χ4v) is 5.57. The molecular formula is C11H19N2O15P3. The number of H-pyrrole nitrogens is 1. The number of hydrogen-bond donors (Lipinski definition) is 7. The highest BCUT2D eigenvalue weighted by Crippen LogP contribution is 2.66. The van der Waals surface area contributed by atoms with Gasteiger partial charge in [-0.3, -0.25) is 18.9 Å². The predicted octanol–water partition coefficient (Wildman–Crippen LogP) is -1.94. The van der Waals surface area contributed by atoms with Crippen LogP contribution in [0, 0.1) is 0 Å². The van der Waals surface area contributed by atoms with Gasteiger partial charge in [-0.1, -0.05) is 6.92 Å². The Balaban J connectivity index is 2.12. The highest BCUT2D eigenvalue weighted by Gasteiger charge is 2.46. The minimum Gasteiger partial charge on any atom is -0.387 e. The molecule has 0 spiro atoms. The van der Waals surface area contributed by atoms with Gasteiger partial charge in [0, 0.05) is 11.8 Å². The van der Waals surface area contributed by atoms with E-state index in [9.17, 15) is 38.4 Å². The molecule has 178 valence electrons. The van der Waals surface area contributed by atoms with Crippen molar-refractivity contribution in [1.29, 1.82) is 0 Å². The fraction of sp³-hybridized carbons (Fsp3) is 0.636. The van der Waals surface area contributed by atoms with Crippen LogP contribution in [0.1, 0.15) is 18.7 Å². The number of aliphatic hydroxyl groups excluding tert-OH is 2. The number of phosphoric ester groups is 1. The van der Waals surface area contributed by atoms with E-state index in [2.05, 4.69) is 13.1 Å². The minimum absolute atomic E-state index is 0.154. The van der Waals surface area contributed by atoms with Crippen LogP contribution in [0.4, 0.5) is 0 Å². The molecule has 2 unspecified atom stereocenters. The summed E-state index contributed by atoms with van der Waals surface area (Å²) in [5.74, 6) is 0.